The van der Waals surface area contributed by atoms with Crippen molar-refractivity contribution in [2.75, 3.05) is 7.11 Å². The van der Waals surface area contributed by atoms with E-state index in [4.69, 9.17) is 0 Å². The highest BCUT2D eigenvalue weighted by Gasteiger charge is 2.16. The fourth-order valence-corrected chi connectivity index (χ4v) is 1.20. The Morgan fingerprint density at radius 3 is 2.80 bits per heavy atom. The van der Waals surface area contributed by atoms with Gasteiger partial charge in [-0.1, -0.05) is 13.8 Å². The van der Waals surface area contributed by atoms with Gasteiger partial charge in [0.15, 0.2) is 0 Å². The molecule has 0 aliphatic rings. The molecule has 0 aromatic carbocycles. The number of esters is 1. The number of carbonyl (C=O) groups excluding carboxylic acids is 2. The minimum absolute atomic E-state index is 0.0666. The molecule has 15 heavy (non-hydrogen) atoms. The Hall–Kier alpha value is -1.65. The van der Waals surface area contributed by atoms with E-state index in [1.165, 1.54) is 11.8 Å². The number of hydrogen-bond acceptors (Lipinski definition) is 4. The Morgan fingerprint density at radius 2 is 2.33 bits per heavy atom. The van der Waals surface area contributed by atoms with Crippen LogP contribution >= 0.6 is 0 Å². The van der Waals surface area contributed by atoms with E-state index in [0.29, 0.717) is 12.0 Å². The lowest BCUT2D eigenvalue weighted by Crippen LogP contribution is -2.12. The predicted octanol–water partition coefficient (Wildman–Crippen LogP) is 0.992. The molecule has 0 bridgehead atoms. The van der Waals surface area contributed by atoms with Crippen molar-refractivity contribution in [3.8, 4) is 0 Å². The first-order chi connectivity index (χ1) is 7.10. The topological polar surface area (TPSA) is 61.2 Å². The number of carbonyl (C=O) groups is 2. The van der Waals surface area contributed by atoms with Crippen LogP contribution in [0.5, 0.6) is 0 Å². The normalized spacial score (nSPS) is 10.4. The van der Waals surface area contributed by atoms with E-state index in [2.05, 4.69) is 9.84 Å². The van der Waals surface area contributed by atoms with Gasteiger partial charge >= 0.3 is 5.97 Å². The van der Waals surface area contributed by atoms with Gasteiger partial charge in [0.25, 0.3) is 0 Å². The first-order valence-corrected chi connectivity index (χ1v) is 4.69. The molecular weight excluding hydrogens is 196 g/mol. The summed E-state index contributed by atoms with van der Waals surface area (Å²) in [7, 11) is 1.30. The van der Waals surface area contributed by atoms with Crippen molar-refractivity contribution in [2.45, 2.75) is 26.3 Å². The van der Waals surface area contributed by atoms with Crippen molar-refractivity contribution in [3.63, 3.8) is 0 Å². The van der Waals surface area contributed by atoms with Crippen LogP contribution in [0.15, 0.2) is 6.07 Å². The van der Waals surface area contributed by atoms with Crippen LogP contribution in [0, 0.1) is 0 Å². The Bertz CT molecular complexity index is 369. The zero-order valence-corrected chi connectivity index (χ0v) is 9.06. The molecular formula is C10H14N2O3. The van der Waals surface area contributed by atoms with E-state index in [-0.39, 0.29) is 12.5 Å². The summed E-state index contributed by atoms with van der Waals surface area (Å²) in [5, 5.41) is 4.15. The van der Waals surface area contributed by atoms with Crippen molar-refractivity contribution in [2.24, 2.45) is 0 Å². The molecule has 0 spiro atoms. The third-order valence-corrected chi connectivity index (χ3v) is 2.03. The molecule has 0 saturated heterocycles. The number of aldehydes is 1. The summed E-state index contributed by atoms with van der Waals surface area (Å²) in [5.41, 5.74) is 1.09. The van der Waals surface area contributed by atoms with E-state index in [9.17, 15) is 9.59 Å². The highest BCUT2D eigenvalue weighted by Crippen LogP contribution is 2.14. The second kappa shape index (κ2) is 4.72. The fourth-order valence-electron chi connectivity index (χ4n) is 1.20. The van der Waals surface area contributed by atoms with Crippen LogP contribution < -0.4 is 0 Å². The van der Waals surface area contributed by atoms with Crippen LogP contribution in [-0.2, 0) is 16.1 Å². The summed E-state index contributed by atoms with van der Waals surface area (Å²) in [4.78, 5) is 21.7. The standard InChI is InChI=1S/C10H14N2O3/c1-7(2)8-6-9(10(14)15-3)12(11-8)4-5-13/h5-7H,4H2,1-3H3. The molecule has 5 heteroatoms. The Labute approximate surface area is 88.0 Å². The van der Waals surface area contributed by atoms with Crippen LogP contribution in [0.2, 0.25) is 0 Å². The van der Waals surface area contributed by atoms with Gasteiger partial charge in [0.05, 0.1) is 19.3 Å². The van der Waals surface area contributed by atoms with E-state index in [1.54, 1.807) is 6.07 Å². The number of nitrogens with zero attached hydrogens (tertiary/aromatic N) is 2. The van der Waals surface area contributed by atoms with Gasteiger partial charge in [-0.2, -0.15) is 5.10 Å². The van der Waals surface area contributed by atoms with Crippen molar-refractivity contribution in [1.29, 1.82) is 0 Å². The van der Waals surface area contributed by atoms with E-state index >= 15 is 0 Å². The van der Waals surface area contributed by atoms with Crippen LogP contribution in [0.1, 0.15) is 35.9 Å². The minimum atomic E-state index is -0.476. The lowest BCUT2D eigenvalue weighted by Gasteiger charge is -2.00. The lowest BCUT2D eigenvalue weighted by atomic mass is 10.1. The fraction of sp³-hybridized carbons (Fsp3) is 0.500. The van der Waals surface area contributed by atoms with E-state index < -0.39 is 5.97 Å². The molecule has 1 aromatic heterocycles. The monoisotopic (exact) mass is 210 g/mol. The first kappa shape index (κ1) is 11.4. The van der Waals surface area contributed by atoms with Gasteiger partial charge in [-0.05, 0) is 12.0 Å². The van der Waals surface area contributed by atoms with Gasteiger partial charge in [-0.3, -0.25) is 4.68 Å². The molecule has 1 rings (SSSR count). The summed E-state index contributed by atoms with van der Waals surface area (Å²) in [6, 6.07) is 1.65. The number of rotatable bonds is 4. The van der Waals surface area contributed by atoms with Gasteiger partial charge in [-0.15, -0.1) is 0 Å². The molecule has 0 radical (unpaired) electrons. The summed E-state index contributed by atoms with van der Waals surface area (Å²) >= 11 is 0. The molecule has 0 amide bonds. The molecule has 0 saturated carbocycles. The lowest BCUT2D eigenvalue weighted by molar-refractivity contribution is -0.108. The Morgan fingerprint density at radius 1 is 1.67 bits per heavy atom. The molecule has 82 valence electrons. The third-order valence-electron chi connectivity index (χ3n) is 2.03. The van der Waals surface area contributed by atoms with Crippen molar-refractivity contribution in [1.82, 2.24) is 9.78 Å². The first-order valence-electron chi connectivity index (χ1n) is 4.69. The van der Waals surface area contributed by atoms with Crippen LogP contribution in [0.3, 0.4) is 0 Å². The molecule has 0 atom stereocenters. The predicted molar refractivity (Wildman–Crippen MR) is 53.7 cm³/mol. The SMILES string of the molecule is COC(=O)c1cc(C(C)C)nn1CC=O. The van der Waals surface area contributed by atoms with Crippen LogP contribution in [0.4, 0.5) is 0 Å². The van der Waals surface area contributed by atoms with Crippen molar-refractivity contribution in [3.05, 3.63) is 17.5 Å². The van der Waals surface area contributed by atoms with E-state index in [1.807, 2.05) is 13.8 Å². The van der Waals surface area contributed by atoms with Gasteiger partial charge in [0, 0.05) is 0 Å². The molecule has 0 aliphatic heterocycles. The van der Waals surface area contributed by atoms with Gasteiger partial charge in [-0.25, -0.2) is 4.79 Å². The molecule has 0 fully saturated rings. The summed E-state index contributed by atoms with van der Waals surface area (Å²) < 4.78 is 5.96. The third kappa shape index (κ3) is 2.43. The van der Waals surface area contributed by atoms with Crippen molar-refractivity contribution >= 4 is 12.3 Å². The second-order valence-electron chi connectivity index (χ2n) is 3.45. The highest BCUT2D eigenvalue weighted by atomic mass is 16.5. The van der Waals surface area contributed by atoms with Crippen molar-refractivity contribution < 1.29 is 14.3 Å². The molecule has 0 unspecified atom stereocenters. The number of methoxy groups -OCH3 is 1. The van der Waals surface area contributed by atoms with Gasteiger partial charge in [0.1, 0.15) is 12.0 Å². The smallest absolute Gasteiger partial charge is 0.356 e. The maximum atomic E-state index is 11.3. The number of hydrogen-bond donors (Lipinski definition) is 0. The number of ether oxygens (including phenoxy) is 1. The number of aromatic nitrogens is 2. The average molecular weight is 210 g/mol. The molecule has 5 nitrogen and oxygen atoms in total. The zero-order chi connectivity index (χ0) is 11.4. The molecule has 0 aliphatic carbocycles. The Kier molecular flexibility index (Phi) is 3.60. The summed E-state index contributed by atoms with van der Waals surface area (Å²) in [5.74, 6) is -0.266. The Balaban J connectivity index is 3.10. The minimum Gasteiger partial charge on any atom is -0.464 e. The van der Waals surface area contributed by atoms with Crippen LogP contribution in [0.25, 0.3) is 0 Å². The maximum Gasteiger partial charge on any atom is 0.356 e. The average Bonchev–Trinajstić information content (AvgIpc) is 2.61. The largest absolute Gasteiger partial charge is 0.464 e. The summed E-state index contributed by atoms with van der Waals surface area (Å²) in [6.45, 7) is 4.00. The van der Waals surface area contributed by atoms with Gasteiger partial charge in [0.2, 0.25) is 0 Å². The highest BCUT2D eigenvalue weighted by molar-refractivity contribution is 5.87. The summed E-state index contributed by atoms with van der Waals surface area (Å²) in [6.07, 6.45) is 0.698. The second-order valence-corrected chi connectivity index (χ2v) is 3.45. The van der Waals surface area contributed by atoms with E-state index in [0.717, 1.165) is 5.69 Å². The zero-order valence-electron chi connectivity index (χ0n) is 9.06. The van der Waals surface area contributed by atoms with Crippen LogP contribution in [-0.4, -0.2) is 29.1 Å². The van der Waals surface area contributed by atoms with Gasteiger partial charge < -0.3 is 9.53 Å². The quantitative estimate of drug-likeness (QED) is 0.549. The molecule has 1 aromatic rings. The maximum absolute atomic E-state index is 11.3. The molecule has 0 N–H and O–H groups in total. The molecule has 1 heterocycles.